The Morgan fingerprint density at radius 2 is 2.15 bits per heavy atom. The first-order valence-electron chi connectivity index (χ1n) is 8.83. The summed E-state index contributed by atoms with van der Waals surface area (Å²) in [7, 11) is 1.98. The summed E-state index contributed by atoms with van der Waals surface area (Å²) in [5, 5.41) is 13.4. The van der Waals surface area contributed by atoms with Crippen LogP contribution in [0.15, 0.2) is 29.1 Å². The maximum absolute atomic E-state index is 10.9. The van der Waals surface area contributed by atoms with E-state index in [0.717, 1.165) is 52.9 Å². The number of anilines is 1. The second-order valence-electron chi connectivity index (χ2n) is 7.00. The van der Waals surface area contributed by atoms with Gasteiger partial charge in [-0.25, -0.2) is 4.98 Å². The minimum atomic E-state index is -0.787. The zero-order valence-electron chi connectivity index (χ0n) is 15.0. The molecule has 0 aromatic carbocycles. The van der Waals surface area contributed by atoms with E-state index in [2.05, 4.69) is 21.0 Å². The van der Waals surface area contributed by atoms with Crippen molar-refractivity contribution in [3.63, 3.8) is 0 Å². The number of aliphatic carboxylic acids is 1. The molecule has 9 heteroatoms. The standard InChI is InChI=1S/C18H21BrN6O2/c1-23-5-2-12(9-23)13-8-21-25-17(20)15(19)16(22-18(13)25)11-3-6-24(7-4-11)10-14(26)27/h2,5,8-9,11H,3-4,6-7,10,20H2,1H3,(H,26,27). The van der Waals surface area contributed by atoms with E-state index >= 15 is 0 Å². The topological polar surface area (TPSA) is 102 Å². The number of likely N-dealkylation sites (tertiary alicyclic amines) is 1. The van der Waals surface area contributed by atoms with Crippen LogP contribution in [0.5, 0.6) is 0 Å². The normalized spacial score (nSPS) is 16.2. The number of carbonyl (C=O) groups is 1. The number of nitrogens with zero attached hydrogens (tertiary/aromatic N) is 5. The highest BCUT2D eigenvalue weighted by atomic mass is 79.9. The third-order valence-electron chi connectivity index (χ3n) is 5.12. The van der Waals surface area contributed by atoms with Crippen LogP contribution in [0.2, 0.25) is 0 Å². The molecule has 1 fully saturated rings. The molecular formula is C18H21BrN6O2. The first-order chi connectivity index (χ1) is 12.9. The number of aryl methyl sites for hydroxylation is 1. The molecule has 0 saturated carbocycles. The van der Waals surface area contributed by atoms with E-state index in [1.807, 2.05) is 35.0 Å². The lowest BCUT2D eigenvalue weighted by molar-refractivity contribution is -0.138. The van der Waals surface area contributed by atoms with Crippen LogP contribution in [0, 0.1) is 0 Å². The van der Waals surface area contributed by atoms with Gasteiger partial charge in [-0.3, -0.25) is 9.69 Å². The molecule has 4 heterocycles. The summed E-state index contributed by atoms with van der Waals surface area (Å²) in [5.41, 5.74) is 9.99. The first-order valence-corrected chi connectivity index (χ1v) is 9.62. The second kappa shape index (κ2) is 6.97. The van der Waals surface area contributed by atoms with Gasteiger partial charge in [0.25, 0.3) is 0 Å². The number of carboxylic acid groups (broad SMARTS) is 1. The minimum Gasteiger partial charge on any atom is -0.480 e. The van der Waals surface area contributed by atoms with Crippen LogP contribution in [-0.2, 0) is 11.8 Å². The van der Waals surface area contributed by atoms with Crippen LogP contribution < -0.4 is 5.73 Å². The summed E-state index contributed by atoms with van der Waals surface area (Å²) in [6.07, 6.45) is 7.51. The average Bonchev–Trinajstić information content (AvgIpc) is 3.24. The van der Waals surface area contributed by atoms with Gasteiger partial charge < -0.3 is 15.4 Å². The Morgan fingerprint density at radius 3 is 2.78 bits per heavy atom. The van der Waals surface area contributed by atoms with Gasteiger partial charge in [0.05, 0.1) is 22.9 Å². The molecule has 3 aromatic heterocycles. The summed E-state index contributed by atoms with van der Waals surface area (Å²) in [6, 6.07) is 2.03. The SMILES string of the molecule is Cn1ccc(-c2cnn3c(N)c(Br)c(C4CCN(CC(=O)O)CC4)nc23)c1. The molecule has 8 nitrogen and oxygen atoms in total. The van der Waals surface area contributed by atoms with Gasteiger partial charge in [-0.15, -0.1) is 0 Å². The quantitative estimate of drug-likeness (QED) is 0.655. The van der Waals surface area contributed by atoms with Crippen LogP contribution in [0.3, 0.4) is 0 Å². The Kier molecular flexibility index (Phi) is 4.65. The molecule has 0 spiro atoms. The molecule has 3 N–H and O–H groups in total. The highest BCUT2D eigenvalue weighted by Crippen LogP contribution is 2.36. The van der Waals surface area contributed by atoms with E-state index in [4.69, 9.17) is 15.8 Å². The van der Waals surface area contributed by atoms with Crippen molar-refractivity contribution < 1.29 is 9.90 Å². The lowest BCUT2D eigenvalue weighted by Gasteiger charge is -2.31. The zero-order chi connectivity index (χ0) is 19.1. The number of nitrogen functional groups attached to an aromatic ring is 1. The minimum absolute atomic E-state index is 0.0866. The van der Waals surface area contributed by atoms with Gasteiger partial charge >= 0.3 is 5.97 Å². The lowest BCUT2D eigenvalue weighted by atomic mass is 9.93. The molecule has 4 rings (SSSR count). The fourth-order valence-corrected chi connectivity index (χ4v) is 4.29. The predicted octanol–water partition coefficient (Wildman–Crippen LogP) is 2.34. The number of hydrogen-bond acceptors (Lipinski definition) is 5. The van der Waals surface area contributed by atoms with E-state index < -0.39 is 5.97 Å². The fourth-order valence-electron chi connectivity index (χ4n) is 3.71. The van der Waals surface area contributed by atoms with Crippen LogP contribution in [0.4, 0.5) is 5.82 Å². The molecule has 1 aliphatic heterocycles. The van der Waals surface area contributed by atoms with Crippen molar-refractivity contribution in [3.05, 3.63) is 34.8 Å². The third-order valence-corrected chi connectivity index (χ3v) is 5.94. The van der Waals surface area contributed by atoms with Gasteiger partial charge in [0, 0.05) is 36.5 Å². The monoisotopic (exact) mass is 432 g/mol. The van der Waals surface area contributed by atoms with Crippen molar-refractivity contribution in [2.45, 2.75) is 18.8 Å². The molecule has 0 atom stereocenters. The van der Waals surface area contributed by atoms with Gasteiger partial charge in [0.2, 0.25) is 0 Å². The number of nitrogens with two attached hydrogens (primary N) is 1. The van der Waals surface area contributed by atoms with Crippen LogP contribution in [-0.4, -0.2) is 54.8 Å². The van der Waals surface area contributed by atoms with Crippen molar-refractivity contribution in [1.82, 2.24) is 24.1 Å². The number of halogens is 1. The van der Waals surface area contributed by atoms with Gasteiger partial charge in [0.1, 0.15) is 5.82 Å². The van der Waals surface area contributed by atoms with Crippen LogP contribution >= 0.6 is 15.9 Å². The second-order valence-corrected chi connectivity index (χ2v) is 7.79. The number of piperidine rings is 1. The van der Waals surface area contributed by atoms with Crippen molar-refractivity contribution >= 4 is 33.4 Å². The van der Waals surface area contributed by atoms with E-state index in [9.17, 15) is 4.79 Å². The highest BCUT2D eigenvalue weighted by molar-refractivity contribution is 9.10. The fraction of sp³-hybridized carbons (Fsp3) is 0.389. The highest BCUT2D eigenvalue weighted by Gasteiger charge is 2.27. The van der Waals surface area contributed by atoms with Gasteiger partial charge in [-0.2, -0.15) is 9.61 Å². The Morgan fingerprint density at radius 1 is 1.41 bits per heavy atom. The number of fused-ring (bicyclic) bond motifs is 1. The summed E-state index contributed by atoms with van der Waals surface area (Å²) < 4.78 is 4.42. The van der Waals surface area contributed by atoms with Crippen molar-refractivity contribution in [1.29, 1.82) is 0 Å². The van der Waals surface area contributed by atoms with E-state index in [1.54, 1.807) is 10.7 Å². The summed E-state index contributed by atoms with van der Waals surface area (Å²) in [4.78, 5) is 17.8. The molecule has 0 radical (unpaired) electrons. The molecule has 3 aromatic rings. The molecule has 0 bridgehead atoms. The number of hydrogen-bond donors (Lipinski definition) is 2. The average molecular weight is 433 g/mol. The van der Waals surface area contributed by atoms with Crippen molar-refractivity contribution in [2.75, 3.05) is 25.4 Å². The first kappa shape index (κ1) is 18.0. The van der Waals surface area contributed by atoms with Gasteiger partial charge in [-0.05, 0) is 47.9 Å². The Bertz CT molecular complexity index is 1000. The van der Waals surface area contributed by atoms with Gasteiger partial charge in [-0.1, -0.05) is 0 Å². The number of aromatic nitrogens is 4. The molecule has 0 unspecified atom stereocenters. The van der Waals surface area contributed by atoms with E-state index in [-0.39, 0.29) is 12.5 Å². The maximum atomic E-state index is 10.9. The van der Waals surface area contributed by atoms with Crippen molar-refractivity contribution in [3.8, 4) is 11.1 Å². The largest absolute Gasteiger partial charge is 0.480 e. The Hall–Kier alpha value is -2.39. The Labute approximate surface area is 164 Å². The molecular weight excluding hydrogens is 412 g/mol. The predicted molar refractivity (Wildman–Crippen MR) is 106 cm³/mol. The molecule has 142 valence electrons. The smallest absolute Gasteiger partial charge is 0.317 e. The summed E-state index contributed by atoms with van der Waals surface area (Å²) >= 11 is 3.60. The summed E-state index contributed by atoms with van der Waals surface area (Å²) in [6.45, 7) is 1.56. The number of carboxylic acids is 1. The molecule has 1 aliphatic rings. The van der Waals surface area contributed by atoms with Crippen LogP contribution in [0.1, 0.15) is 24.5 Å². The molecule has 1 saturated heterocycles. The zero-order valence-corrected chi connectivity index (χ0v) is 16.6. The summed E-state index contributed by atoms with van der Waals surface area (Å²) in [5.74, 6) is -0.0226. The van der Waals surface area contributed by atoms with E-state index in [0.29, 0.717) is 5.82 Å². The lowest BCUT2D eigenvalue weighted by Crippen LogP contribution is -2.37. The van der Waals surface area contributed by atoms with Crippen molar-refractivity contribution in [2.24, 2.45) is 7.05 Å². The van der Waals surface area contributed by atoms with Gasteiger partial charge in [0.15, 0.2) is 5.65 Å². The van der Waals surface area contributed by atoms with Crippen LogP contribution in [0.25, 0.3) is 16.8 Å². The number of rotatable bonds is 4. The Balaban J connectivity index is 1.69. The molecule has 27 heavy (non-hydrogen) atoms. The maximum Gasteiger partial charge on any atom is 0.317 e. The van der Waals surface area contributed by atoms with E-state index in [1.165, 1.54) is 0 Å². The third kappa shape index (κ3) is 3.32. The molecule has 0 aliphatic carbocycles. The molecule has 0 amide bonds.